The molecule has 0 aromatic carbocycles. The molecule has 1 aliphatic rings. The summed E-state index contributed by atoms with van der Waals surface area (Å²) in [6, 6.07) is 4.70. The van der Waals surface area contributed by atoms with Crippen molar-refractivity contribution in [2.45, 2.75) is 64.5 Å². The monoisotopic (exact) mass is 235 g/mol. The Morgan fingerprint density at radius 3 is 3.00 bits per heavy atom. The van der Waals surface area contributed by atoms with Crippen LogP contribution in [0.3, 0.4) is 0 Å². The highest BCUT2D eigenvalue weighted by Gasteiger charge is 2.17. The molecule has 1 saturated carbocycles. The molecule has 1 N–H and O–H groups in total. The van der Waals surface area contributed by atoms with Gasteiger partial charge in [0.25, 0.3) is 0 Å². The normalized spacial score (nSPS) is 25.7. The quantitative estimate of drug-likeness (QED) is 0.777. The van der Waals surface area contributed by atoms with Crippen LogP contribution in [-0.4, -0.2) is 6.04 Å². The van der Waals surface area contributed by atoms with Gasteiger partial charge in [0.05, 0.1) is 12.8 Å². The third kappa shape index (κ3) is 4.19. The number of hydrogen-bond donors (Lipinski definition) is 1. The molecule has 2 unspecified atom stereocenters. The number of furan rings is 1. The van der Waals surface area contributed by atoms with Gasteiger partial charge in [-0.2, -0.15) is 0 Å². The number of hydrogen-bond acceptors (Lipinski definition) is 2. The van der Waals surface area contributed by atoms with E-state index in [1.807, 2.05) is 12.1 Å². The fourth-order valence-corrected chi connectivity index (χ4v) is 2.94. The molecule has 1 fully saturated rings. The maximum absolute atomic E-state index is 5.35. The molecule has 1 aliphatic carbocycles. The van der Waals surface area contributed by atoms with E-state index >= 15 is 0 Å². The van der Waals surface area contributed by atoms with Gasteiger partial charge in [-0.15, -0.1) is 0 Å². The molecule has 1 heterocycles. The fourth-order valence-electron chi connectivity index (χ4n) is 2.94. The molecule has 2 nitrogen and oxygen atoms in total. The van der Waals surface area contributed by atoms with Crippen molar-refractivity contribution in [1.82, 2.24) is 5.32 Å². The molecule has 96 valence electrons. The van der Waals surface area contributed by atoms with Gasteiger partial charge in [0, 0.05) is 6.04 Å². The Hall–Kier alpha value is -0.760. The number of rotatable bonds is 5. The predicted molar refractivity (Wildman–Crippen MR) is 70.8 cm³/mol. The summed E-state index contributed by atoms with van der Waals surface area (Å²) in [6.45, 7) is 3.19. The van der Waals surface area contributed by atoms with Crippen LogP contribution in [0.1, 0.15) is 57.6 Å². The van der Waals surface area contributed by atoms with Crippen molar-refractivity contribution in [2.75, 3.05) is 0 Å². The zero-order chi connectivity index (χ0) is 11.9. The smallest absolute Gasteiger partial charge is 0.117 e. The van der Waals surface area contributed by atoms with Crippen LogP contribution in [-0.2, 0) is 6.54 Å². The van der Waals surface area contributed by atoms with Gasteiger partial charge in [-0.05, 0) is 37.3 Å². The molecule has 2 rings (SSSR count). The SMILES string of the molecule is CCCC1CCCC(NCc2ccco2)CC1. The minimum atomic E-state index is 0.696. The van der Waals surface area contributed by atoms with Crippen molar-refractivity contribution in [1.29, 1.82) is 0 Å². The van der Waals surface area contributed by atoms with E-state index in [2.05, 4.69) is 12.2 Å². The zero-order valence-corrected chi connectivity index (χ0v) is 11.0. The average molecular weight is 235 g/mol. The summed E-state index contributed by atoms with van der Waals surface area (Å²) >= 11 is 0. The largest absolute Gasteiger partial charge is 0.468 e. The Balaban J connectivity index is 1.71. The fraction of sp³-hybridized carbons (Fsp3) is 0.733. The second kappa shape index (κ2) is 6.85. The lowest BCUT2D eigenvalue weighted by atomic mass is 9.95. The molecular formula is C15H25NO. The first-order valence-corrected chi connectivity index (χ1v) is 7.14. The molecule has 1 aromatic rings. The van der Waals surface area contributed by atoms with Crippen LogP contribution in [0.4, 0.5) is 0 Å². The van der Waals surface area contributed by atoms with Crippen molar-refractivity contribution in [3.63, 3.8) is 0 Å². The summed E-state index contributed by atoms with van der Waals surface area (Å²) in [7, 11) is 0. The van der Waals surface area contributed by atoms with Crippen LogP contribution >= 0.6 is 0 Å². The van der Waals surface area contributed by atoms with E-state index in [4.69, 9.17) is 4.42 Å². The molecule has 0 amide bonds. The Bertz CT molecular complexity index is 294. The Kier molecular flexibility index (Phi) is 5.11. The average Bonchev–Trinajstić information content (AvgIpc) is 2.75. The van der Waals surface area contributed by atoms with Crippen LogP contribution in [0.5, 0.6) is 0 Å². The van der Waals surface area contributed by atoms with E-state index in [0.29, 0.717) is 6.04 Å². The maximum Gasteiger partial charge on any atom is 0.117 e. The van der Waals surface area contributed by atoms with E-state index in [0.717, 1.165) is 18.2 Å². The lowest BCUT2D eigenvalue weighted by Crippen LogP contribution is -2.27. The van der Waals surface area contributed by atoms with E-state index in [1.165, 1.54) is 44.9 Å². The highest BCUT2D eigenvalue weighted by atomic mass is 16.3. The standard InChI is InChI=1S/C15H25NO/c1-2-5-13-6-3-7-14(10-9-13)16-12-15-8-4-11-17-15/h4,8,11,13-14,16H,2-3,5-7,9-10,12H2,1H3. The first-order chi connectivity index (χ1) is 8.38. The van der Waals surface area contributed by atoms with Crippen molar-refractivity contribution in [3.05, 3.63) is 24.2 Å². The second-order valence-electron chi connectivity index (χ2n) is 5.32. The van der Waals surface area contributed by atoms with E-state index in [9.17, 15) is 0 Å². The van der Waals surface area contributed by atoms with Crippen molar-refractivity contribution in [2.24, 2.45) is 5.92 Å². The molecular weight excluding hydrogens is 210 g/mol. The van der Waals surface area contributed by atoms with Gasteiger partial charge in [-0.1, -0.05) is 32.6 Å². The molecule has 2 heteroatoms. The second-order valence-corrected chi connectivity index (χ2v) is 5.32. The van der Waals surface area contributed by atoms with Crippen molar-refractivity contribution >= 4 is 0 Å². The molecule has 2 atom stereocenters. The van der Waals surface area contributed by atoms with Crippen LogP contribution in [0.2, 0.25) is 0 Å². The van der Waals surface area contributed by atoms with Gasteiger partial charge in [0.15, 0.2) is 0 Å². The topological polar surface area (TPSA) is 25.2 Å². The van der Waals surface area contributed by atoms with Crippen LogP contribution in [0, 0.1) is 5.92 Å². The van der Waals surface area contributed by atoms with E-state index < -0.39 is 0 Å². The summed E-state index contributed by atoms with van der Waals surface area (Å²) < 4.78 is 5.35. The summed E-state index contributed by atoms with van der Waals surface area (Å²) in [6.07, 6.45) is 11.4. The molecule has 0 bridgehead atoms. The van der Waals surface area contributed by atoms with Crippen LogP contribution in [0.25, 0.3) is 0 Å². The number of nitrogens with one attached hydrogen (secondary N) is 1. The lowest BCUT2D eigenvalue weighted by Gasteiger charge is -2.16. The third-order valence-corrected chi connectivity index (χ3v) is 3.93. The van der Waals surface area contributed by atoms with Gasteiger partial charge < -0.3 is 9.73 Å². The van der Waals surface area contributed by atoms with E-state index in [-0.39, 0.29) is 0 Å². The minimum Gasteiger partial charge on any atom is -0.468 e. The molecule has 0 aliphatic heterocycles. The zero-order valence-electron chi connectivity index (χ0n) is 11.0. The Labute approximate surface area is 105 Å². The first kappa shape index (κ1) is 12.7. The van der Waals surface area contributed by atoms with Gasteiger partial charge in [0.2, 0.25) is 0 Å². The summed E-state index contributed by atoms with van der Waals surface area (Å²) in [5.74, 6) is 2.04. The first-order valence-electron chi connectivity index (χ1n) is 7.14. The summed E-state index contributed by atoms with van der Waals surface area (Å²) in [4.78, 5) is 0. The lowest BCUT2D eigenvalue weighted by molar-refractivity contribution is 0.397. The molecule has 0 radical (unpaired) electrons. The van der Waals surface area contributed by atoms with Gasteiger partial charge in [-0.25, -0.2) is 0 Å². The molecule has 0 saturated heterocycles. The van der Waals surface area contributed by atoms with Crippen molar-refractivity contribution < 1.29 is 4.42 Å². The molecule has 17 heavy (non-hydrogen) atoms. The Morgan fingerprint density at radius 2 is 2.24 bits per heavy atom. The van der Waals surface area contributed by atoms with Crippen LogP contribution < -0.4 is 5.32 Å². The van der Waals surface area contributed by atoms with Crippen molar-refractivity contribution in [3.8, 4) is 0 Å². The van der Waals surface area contributed by atoms with E-state index in [1.54, 1.807) is 6.26 Å². The molecule has 0 spiro atoms. The predicted octanol–water partition coefficient (Wildman–Crippen LogP) is 4.12. The third-order valence-electron chi connectivity index (χ3n) is 3.93. The van der Waals surface area contributed by atoms with Gasteiger partial charge in [-0.3, -0.25) is 0 Å². The minimum absolute atomic E-state index is 0.696. The van der Waals surface area contributed by atoms with Gasteiger partial charge >= 0.3 is 0 Å². The highest BCUT2D eigenvalue weighted by Crippen LogP contribution is 2.26. The summed E-state index contributed by atoms with van der Waals surface area (Å²) in [5.41, 5.74) is 0. The highest BCUT2D eigenvalue weighted by molar-refractivity contribution is 4.97. The molecule has 1 aromatic heterocycles. The summed E-state index contributed by atoms with van der Waals surface area (Å²) in [5, 5.41) is 3.63. The maximum atomic E-state index is 5.35. The van der Waals surface area contributed by atoms with Crippen LogP contribution in [0.15, 0.2) is 22.8 Å². The Morgan fingerprint density at radius 1 is 1.29 bits per heavy atom. The van der Waals surface area contributed by atoms with Gasteiger partial charge in [0.1, 0.15) is 5.76 Å².